The summed E-state index contributed by atoms with van der Waals surface area (Å²) in [6.07, 6.45) is 1.85. The van der Waals surface area contributed by atoms with Gasteiger partial charge in [-0.15, -0.1) is 0 Å². The predicted molar refractivity (Wildman–Crippen MR) is 70.5 cm³/mol. The summed E-state index contributed by atoms with van der Waals surface area (Å²) >= 11 is 0. The van der Waals surface area contributed by atoms with Crippen molar-refractivity contribution >= 4 is 12.1 Å². The highest BCUT2D eigenvalue weighted by Crippen LogP contribution is 2.39. The average molecular weight is 272 g/mol. The van der Waals surface area contributed by atoms with Crippen molar-refractivity contribution in [3.63, 3.8) is 0 Å². The maximum Gasteiger partial charge on any atom is 0.408 e. The Morgan fingerprint density at radius 2 is 1.95 bits per heavy atom. The molecule has 6 heteroatoms. The minimum atomic E-state index is -0.621. The molecule has 6 nitrogen and oxygen atoms in total. The van der Waals surface area contributed by atoms with Crippen LogP contribution in [0, 0.1) is 5.92 Å². The molecule has 0 radical (unpaired) electrons. The molecule has 19 heavy (non-hydrogen) atoms. The molecule has 0 aromatic rings. The topological polar surface area (TPSA) is 90.6 Å². The molecule has 0 bridgehead atoms. The van der Waals surface area contributed by atoms with Gasteiger partial charge in [0, 0.05) is 6.54 Å². The fraction of sp³-hybridized carbons (Fsp3) is 0.846. The molecule has 0 spiro atoms. The SMILES string of the molecule is COC(=O)C(CN)C1(NC(=O)OC(C)(C)C)CCC1. The highest BCUT2D eigenvalue weighted by Gasteiger charge is 2.49. The third-order valence-corrected chi connectivity index (χ3v) is 3.38. The van der Waals surface area contributed by atoms with Crippen LogP contribution < -0.4 is 11.1 Å². The number of carbonyl (C=O) groups is 2. The molecular weight excluding hydrogens is 248 g/mol. The van der Waals surface area contributed by atoms with Gasteiger partial charge in [-0.2, -0.15) is 0 Å². The molecule has 1 amide bonds. The summed E-state index contributed by atoms with van der Waals surface area (Å²) in [4.78, 5) is 23.6. The number of rotatable bonds is 4. The zero-order valence-electron chi connectivity index (χ0n) is 12.1. The quantitative estimate of drug-likeness (QED) is 0.750. The lowest BCUT2D eigenvalue weighted by molar-refractivity contribution is -0.149. The summed E-state index contributed by atoms with van der Waals surface area (Å²) in [5, 5.41) is 2.81. The fourth-order valence-corrected chi connectivity index (χ4v) is 2.31. The second kappa shape index (κ2) is 5.77. The zero-order valence-corrected chi connectivity index (χ0v) is 12.1. The van der Waals surface area contributed by atoms with Gasteiger partial charge in [0.15, 0.2) is 0 Å². The van der Waals surface area contributed by atoms with Crippen molar-refractivity contribution in [1.29, 1.82) is 0 Å². The van der Waals surface area contributed by atoms with Crippen molar-refractivity contribution < 1.29 is 19.1 Å². The van der Waals surface area contributed by atoms with Gasteiger partial charge in [0.25, 0.3) is 0 Å². The van der Waals surface area contributed by atoms with Gasteiger partial charge in [-0.05, 0) is 40.0 Å². The van der Waals surface area contributed by atoms with E-state index < -0.39 is 29.1 Å². The Morgan fingerprint density at radius 1 is 1.37 bits per heavy atom. The number of carbonyl (C=O) groups excluding carboxylic acids is 2. The molecular formula is C13H24N2O4. The van der Waals surface area contributed by atoms with E-state index in [1.165, 1.54) is 7.11 Å². The number of methoxy groups -OCH3 is 1. The number of amides is 1. The summed E-state index contributed by atoms with van der Waals surface area (Å²) in [7, 11) is 1.32. The third-order valence-electron chi connectivity index (χ3n) is 3.38. The summed E-state index contributed by atoms with van der Waals surface area (Å²) in [6, 6.07) is 0. The van der Waals surface area contributed by atoms with Crippen LogP contribution in [-0.4, -0.2) is 36.9 Å². The Labute approximate surface area is 114 Å². The van der Waals surface area contributed by atoms with Crippen LogP contribution in [-0.2, 0) is 14.3 Å². The van der Waals surface area contributed by atoms with E-state index in [0.717, 1.165) is 6.42 Å². The Hall–Kier alpha value is -1.30. The average Bonchev–Trinajstić information content (AvgIpc) is 2.23. The summed E-state index contributed by atoms with van der Waals surface area (Å²) in [5.74, 6) is -0.919. The van der Waals surface area contributed by atoms with Crippen LogP contribution in [0.2, 0.25) is 0 Å². The molecule has 1 aliphatic rings. The fourth-order valence-electron chi connectivity index (χ4n) is 2.31. The molecule has 0 aromatic heterocycles. The molecule has 1 unspecified atom stereocenters. The van der Waals surface area contributed by atoms with Gasteiger partial charge in [0.05, 0.1) is 18.6 Å². The van der Waals surface area contributed by atoms with Crippen LogP contribution in [0.25, 0.3) is 0 Å². The van der Waals surface area contributed by atoms with Crippen LogP contribution in [0.5, 0.6) is 0 Å². The molecule has 3 N–H and O–H groups in total. The zero-order chi connectivity index (χ0) is 14.7. The van der Waals surface area contributed by atoms with E-state index in [4.69, 9.17) is 15.2 Å². The summed E-state index contributed by atoms with van der Waals surface area (Å²) in [6.45, 7) is 5.52. The Balaban J connectivity index is 2.75. The minimum Gasteiger partial charge on any atom is -0.469 e. The molecule has 1 saturated carbocycles. The number of hydrogen-bond acceptors (Lipinski definition) is 5. The third kappa shape index (κ3) is 3.83. The first-order valence-electron chi connectivity index (χ1n) is 6.53. The number of hydrogen-bond donors (Lipinski definition) is 2. The van der Waals surface area contributed by atoms with Crippen LogP contribution >= 0.6 is 0 Å². The first-order chi connectivity index (χ1) is 8.74. The van der Waals surface area contributed by atoms with Crippen LogP contribution in [0.3, 0.4) is 0 Å². The monoisotopic (exact) mass is 272 g/mol. The van der Waals surface area contributed by atoms with Gasteiger partial charge in [-0.3, -0.25) is 4.79 Å². The Morgan fingerprint density at radius 3 is 2.26 bits per heavy atom. The number of nitrogens with one attached hydrogen (secondary N) is 1. The maximum atomic E-state index is 11.9. The van der Waals surface area contributed by atoms with Gasteiger partial charge in [0.1, 0.15) is 5.60 Å². The van der Waals surface area contributed by atoms with Gasteiger partial charge in [0.2, 0.25) is 0 Å². The minimum absolute atomic E-state index is 0.141. The molecule has 0 heterocycles. The smallest absolute Gasteiger partial charge is 0.408 e. The molecule has 0 aliphatic heterocycles. The summed E-state index contributed by atoms with van der Waals surface area (Å²) < 4.78 is 9.99. The van der Waals surface area contributed by atoms with Crippen LogP contribution in [0.15, 0.2) is 0 Å². The van der Waals surface area contributed by atoms with E-state index in [2.05, 4.69) is 5.32 Å². The van der Waals surface area contributed by atoms with Crippen molar-refractivity contribution in [2.45, 2.75) is 51.2 Å². The Bertz CT molecular complexity index is 345. The highest BCUT2D eigenvalue weighted by molar-refractivity contribution is 5.77. The lowest BCUT2D eigenvalue weighted by Gasteiger charge is -2.46. The normalized spacial score (nSPS) is 19.0. The lowest BCUT2D eigenvalue weighted by Crippen LogP contribution is -2.62. The van der Waals surface area contributed by atoms with Crippen LogP contribution in [0.1, 0.15) is 40.0 Å². The largest absolute Gasteiger partial charge is 0.469 e. The Kier molecular flexibility index (Phi) is 4.79. The van der Waals surface area contributed by atoms with Gasteiger partial charge in [-0.25, -0.2) is 4.79 Å². The molecule has 1 rings (SSSR count). The van der Waals surface area contributed by atoms with E-state index in [0.29, 0.717) is 12.8 Å². The maximum absolute atomic E-state index is 11.9. The molecule has 1 fully saturated rings. The van der Waals surface area contributed by atoms with E-state index in [9.17, 15) is 9.59 Å². The molecule has 0 aromatic carbocycles. The first kappa shape index (κ1) is 15.8. The van der Waals surface area contributed by atoms with E-state index in [1.807, 2.05) is 0 Å². The van der Waals surface area contributed by atoms with E-state index >= 15 is 0 Å². The van der Waals surface area contributed by atoms with Gasteiger partial charge >= 0.3 is 12.1 Å². The lowest BCUT2D eigenvalue weighted by atomic mass is 9.68. The first-order valence-corrected chi connectivity index (χ1v) is 6.53. The van der Waals surface area contributed by atoms with Crippen molar-refractivity contribution in [3.05, 3.63) is 0 Å². The second-order valence-corrected chi connectivity index (χ2v) is 5.95. The van der Waals surface area contributed by atoms with Crippen LogP contribution in [0.4, 0.5) is 4.79 Å². The molecule has 110 valence electrons. The number of nitrogens with two attached hydrogens (primary N) is 1. The van der Waals surface area contributed by atoms with Gasteiger partial charge in [-0.1, -0.05) is 0 Å². The van der Waals surface area contributed by atoms with E-state index in [1.54, 1.807) is 20.8 Å². The van der Waals surface area contributed by atoms with Crippen molar-refractivity contribution in [3.8, 4) is 0 Å². The highest BCUT2D eigenvalue weighted by atomic mass is 16.6. The molecule has 0 saturated heterocycles. The number of esters is 1. The number of alkyl carbamates (subject to hydrolysis) is 1. The second-order valence-electron chi connectivity index (χ2n) is 5.95. The van der Waals surface area contributed by atoms with Crippen molar-refractivity contribution in [2.75, 3.05) is 13.7 Å². The molecule has 1 atom stereocenters. The standard InChI is InChI=1S/C13H24N2O4/c1-12(2,3)19-11(17)15-13(6-5-7-13)9(8-14)10(16)18-4/h9H,5-8,14H2,1-4H3,(H,15,17). The molecule has 1 aliphatic carbocycles. The van der Waals surface area contributed by atoms with Gasteiger partial charge < -0.3 is 20.5 Å². The van der Waals surface area contributed by atoms with Crippen molar-refractivity contribution in [2.24, 2.45) is 11.7 Å². The predicted octanol–water partition coefficient (Wildman–Crippen LogP) is 1.18. The summed E-state index contributed by atoms with van der Waals surface area (Å²) in [5.41, 5.74) is 4.46. The van der Waals surface area contributed by atoms with Crippen molar-refractivity contribution in [1.82, 2.24) is 5.32 Å². The van der Waals surface area contributed by atoms with E-state index in [-0.39, 0.29) is 6.54 Å². The number of ether oxygens (including phenoxy) is 2.